The van der Waals surface area contributed by atoms with E-state index in [0.29, 0.717) is 0 Å². The van der Waals surface area contributed by atoms with Gasteiger partial charge in [0.2, 0.25) is 0 Å². The van der Waals surface area contributed by atoms with E-state index in [1.807, 2.05) is 0 Å². The number of rotatable bonds is 8. The number of sulfonamides is 1. The van der Waals surface area contributed by atoms with E-state index in [9.17, 15) is 28.1 Å². The normalized spacial score (nSPS) is 11.5. The number of hydrogen-bond acceptors (Lipinski definition) is 8. The number of Topliss-reactive ketones (excluding diaryl/α,β-unsaturated/α-hetero) is 2. The number of hydrogen-bond donors (Lipinski definition) is 1. The molecular weight excluding hydrogens is 388 g/mol. The summed E-state index contributed by atoms with van der Waals surface area (Å²) in [4.78, 5) is 32.6. The molecule has 0 aliphatic carbocycles. The summed E-state index contributed by atoms with van der Waals surface area (Å²) >= 11 is 0. The minimum Gasteiger partial charge on any atom is -0.297 e. The third-order valence-electron chi connectivity index (χ3n) is 3.54. The average molecular weight is 404 g/mol. The van der Waals surface area contributed by atoms with Crippen LogP contribution in [0.2, 0.25) is 0 Å². The Morgan fingerprint density at radius 2 is 1.54 bits per heavy atom. The molecule has 146 valence electrons. The molecule has 0 aliphatic rings. The van der Waals surface area contributed by atoms with Gasteiger partial charge >= 0.3 is 0 Å². The molecule has 0 heterocycles. The molecule has 0 saturated heterocycles. The van der Waals surface area contributed by atoms with Crippen molar-refractivity contribution >= 4 is 38.7 Å². The molecule has 0 atom stereocenters. The first-order valence-corrected chi connectivity index (χ1v) is 9.37. The van der Waals surface area contributed by atoms with Crippen molar-refractivity contribution in [2.75, 3.05) is 4.72 Å². The summed E-state index contributed by atoms with van der Waals surface area (Å²) in [5, 5.41) is 18.1. The van der Waals surface area contributed by atoms with Gasteiger partial charge < -0.3 is 0 Å². The predicted octanol–water partition coefficient (Wildman–Crippen LogP) is 3.03. The Balaban J connectivity index is 2.16. The Labute approximate surface area is 160 Å². The quantitative estimate of drug-likeness (QED) is 0.309. The van der Waals surface area contributed by atoms with Gasteiger partial charge in [0.05, 0.1) is 15.5 Å². The highest BCUT2D eigenvalue weighted by Crippen LogP contribution is 2.22. The fourth-order valence-corrected chi connectivity index (χ4v) is 3.19. The lowest BCUT2D eigenvalue weighted by Gasteiger charge is -2.08. The maximum absolute atomic E-state index is 12.4. The number of nitrogens with zero attached hydrogens (tertiary/aromatic N) is 3. The maximum atomic E-state index is 12.4. The monoisotopic (exact) mass is 404 g/mol. The van der Waals surface area contributed by atoms with E-state index in [0.717, 1.165) is 0 Å². The molecule has 0 aliphatic heterocycles. The van der Waals surface area contributed by atoms with Crippen molar-refractivity contribution in [1.82, 2.24) is 0 Å². The number of non-ortho nitro benzene ring substituents is 1. The number of ketones is 2. The minimum atomic E-state index is -3.92. The van der Waals surface area contributed by atoms with Crippen LogP contribution >= 0.6 is 0 Å². The molecule has 0 bridgehead atoms. The summed E-state index contributed by atoms with van der Waals surface area (Å²) in [6.07, 6.45) is 0. The van der Waals surface area contributed by atoms with E-state index in [1.54, 1.807) is 0 Å². The molecule has 11 heteroatoms. The number of azo groups is 1. The van der Waals surface area contributed by atoms with Crippen LogP contribution < -0.4 is 4.72 Å². The summed E-state index contributed by atoms with van der Waals surface area (Å²) in [5.41, 5.74) is 0.272. The van der Waals surface area contributed by atoms with Gasteiger partial charge in [-0.1, -0.05) is 0 Å². The number of nitro groups is 1. The molecule has 0 fully saturated rings. The van der Waals surface area contributed by atoms with Crippen molar-refractivity contribution in [2.24, 2.45) is 10.2 Å². The molecular formula is C17H16N4O6S. The Morgan fingerprint density at radius 1 is 1.00 bits per heavy atom. The van der Waals surface area contributed by atoms with Crippen LogP contribution in [0, 0.1) is 10.1 Å². The largest absolute Gasteiger partial charge is 0.297 e. The summed E-state index contributed by atoms with van der Waals surface area (Å²) in [7, 11) is -3.92. The highest BCUT2D eigenvalue weighted by Gasteiger charge is 2.18. The second-order valence-electron chi connectivity index (χ2n) is 5.74. The van der Waals surface area contributed by atoms with Crippen LogP contribution in [0.5, 0.6) is 0 Å². The van der Waals surface area contributed by atoms with Gasteiger partial charge in [0, 0.05) is 17.8 Å². The van der Waals surface area contributed by atoms with E-state index in [1.165, 1.54) is 62.4 Å². The number of carbonyl (C=O) groups excluding carboxylic acids is 2. The van der Waals surface area contributed by atoms with Gasteiger partial charge in [-0.15, -0.1) is 0 Å². The third-order valence-corrected chi connectivity index (χ3v) is 4.93. The molecule has 28 heavy (non-hydrogen) atoms. The molecule has 0 radical (unpaired) electrons. The zero-order valence-corrected chi connectivity index (χ0v) is 15.7. The van der Waals surface area contributed by atoms with Crippen molar-refractivity contribution in [3.63, 3.8) is 0 Å². The first kappa shape index (κ1) is 20.8. The lowest BCUT2D eigenvalue weighted by molar-refractivity contribution is -0.384. The van der Waals surface area contributed by atoms with Crippen LogP contribution in [-0.4, -0.2) is 30.9 Å². The van der Waals surface area contributed by atoms with Gasteiger partial charge in [0.1, 0.15) is 0 Å². The number of anilines is 1. The Hall–Kier alpha value is -3.47. The van der Waals surface area contributed by atoms with Gasteiger partial charge in [0.25, 0.3) is 15.7 Å². The lowest BCUT2D eigenvalue weighted by atomic mass is 10.1. The molecule has 0 amide bonds. The van der Waals surface area contributed by atoms with E-state index >= 15 is 0 Å². The summed E-state index contributed by atoms with van der Waals surface area (Å²) in [6, 6.07) is 9.02. The minimum absolute atomic E-state index is 0.0699. The molecule has 0 unspecified atom stereocenters. The summed E-state index contributed by atoms with van der Waals surface area (Å²) < 4.78 is 27.1. The molecule has 1 N–H and O–H groups in total. The van der Waals surface area contributed by atoms with Gasteiger partial charge in [-0.2, -0.15) is 10.2 Å². The number of carbonyl (C=O) groups is 2. The SMILES string of the molecule is CC(=O)C(N=Nc1ccc(S(=O)(=O)Nc2ccc([N+](=O)[O-])cc2)cc1)C(C)=O. The molecule has 0 saturated carbocycles. The first-order valence-electron chi connectivity index (χ1n) is 7.89. The fraction of sp³-hybridized carbons (Fsp3) is 0.176. The molecule has 0 aromatic heterocycles. The van der Waals surface area contributed by atoms with E-state index in [-0.39, 0.29) is 22.0 Å². The highest BCUT2D eigenvalue weighted by atomic mass is 32.2. The van der Waals surface area contributed by atoms with Gasteiger partial charge in [0.15, 0.2) is 17.6 Å². The standard InChI is InChI=1S/C17H16N4O6S/c1-11(22)17(12(2)23)19-18-13-5-9-16(10-6-13)28(26,27)20-14-3-7-15(8-4-14)21(24)25/h3-10,17,20H,1-2H3. The smallest absolute Gasteiger partial charge is 0.269 e. The van der Waals surface area contributed by atoms with Crippen molar-refractivity contribution in [3.8, 4) is 0 Å². The van der Waals surface area contributed by atoms with Gasteiger partial charge in [-0.05, 0) is 50.2 Å². The van der Waals surface area contributed by atoms with Gasteiger partial charge in [-0.3, -0.25) is 24.4 Å². The summed E-state index contributed by atoms with van der Waals surface area (Å²) in [6.45, 7) is 2.45. The number of nitrogens with one attached hydrogen (secondary N) is 1. The van der Waals surface area contributed by atoms with Crippen molar-refractivity contribution < 1.29 is 22.9 Å². The van der Waals surface area contributed by atoms with E-state index < -0.39 is 32.6 Å². The first-order chi connectivity index (χ1) is 13.1. The zero-order chi connectivity index (χ0) is 20.9. The Morgan fingerprint density at radius 3 is 2.00 bits per heavy atom. The van der Waals surface area contributed by atoms with Crippen molar-refractivity contribution in [2.45, 2.75) is 24.8 Å². The van der Waals surface area contributed by atoms with Gasteiger partial charge in [-0.25, -0.2) is 8.42 Å². The molecule has 2 aromatic carbocycles. The second-order valence-corrected chi connectivity index (χ2v) is 7.43. The third kappa shape index (κ3) is 5.27. The highest BCUT2D eigenvalue weighted by molar-refractivity contribution is 7.92. The molecule has 2 rings (SSSR count). The zero-order valence-electron chi connectivity index (χ0n) is 14.9. The topological polar surface area (TPSA) is 148 Å². The van der Waals surface area contributed by atoms with Crippen LogP contribution in [0.1, 0.15) is 13.8 Å². The lowest BCUT2D eigenvalue weighted by Crippen LogP contribution is -2.23. The van der Waals surface area contributed by atoms with Crippen molar-refractivity contribution in [3.05, 3.63) is 58.6 Å². The maximum Gasteiger partial charge on any atom is 0.269 e. The summed E-state index contributed by atoms with van der Waals surface area (Å²) in [5.74, 6) is -0.884. The van der Waals surface area contributed by atoms with Crippen molar-refractivity contribution in [1.29, 1.82) is 0 Å². The number of nitro benzene ring substituents is 1. The van der Waals surface area contributed by atoms with Crippen LogP contribution in [0.25, 0.3) is 0 Å². The van der Waals surface area contributed by atoms with Crippen LogP contribution in [0.4, 0.5) is 17.1 Å². The average Bonchev–Trinajstić information content (AvgIpc) is 2.62. The Bertz CT molecular complexity index is 1020. The molecule has 2 aromatic rings. The van der Waals surface area contributed by atoms with Crippen LogP contribution in [0.3, 0.4) is 0 Å². The van der Waals surface area contributed by atoms with E-state index in [2.05, 4.69) is 15.0 Å². The number of benzene rings is 2. The Kier molecular flexibility index (Phi) is 6.31. The second kappa shape index (κ2) is 8.48. The van der Waals surface area contributed by atoms with Crippen LogP contribution in [0.15, 0.2) is 63.7 Å². The van der Waals surface area contributed by atoms with E-state index in [4.69, 9.17) is 0 Å². The molecule has 10 nitrogen and oxygen atoms in total. The molecule has 0 spiro atoms. The fourth-order valence-electron chi connectivity index (χ4n) is 2.13. The predicted molar refractivity (Wildman–Crippen MR) is 100 cm³/mol. The van der Waals surface area contributed by atoms with Crippen LogP contribution in [-0.2, 0) is 19.6 Å².